The summed E-state index contributed by atoms with van der Waals surface area (Å²) in [5.41, 5.74) is 1.48. The van der Waals surface area contributed by atoms with Gasteiger partial charge in [0.05, 0.1) is 23.0 Å². The maximum absolute atomic E-state index is 14.7. The molecule has 1 spiro atoms. The van der Waals surface area contributed by atoms with Crippen LogP contribution in [-0.4, -0.2) is 45.8 Å². The van der Waals surface area contributed by atoms with E-state index in [1.54, 1.807) is 12.1 Å². The fraction of sp³-hybridized carbons (Fsp3) is 0.469. The van der Waals surface area contributed by atoms with Gasteiger partial charge < -0.3 is 24.0 Å². The summed E-state index contributed by atoms with van der Waals surface area (Å²) in [6.07, 6.45) is 2.81. The molecule has 236 valence electrons. The lowest BCUT2D eigenvalue weighted by Crippen LogP contribution is -2.54. The SMILES string of the molecule is O=C(O)c1cc(F)c2nc(N3C4CCC3CC3(CC(OCc5c(-c6ccccc6OC(F)(F)F)noc5C5CC5)C3)C4)sc2c1. The number of aromatic nitrogens is 2. The van der Waals surface area contributed by atoms with Crippen LogP contribution in [0.1, 0.15) is 79.0 Å². The predicted molar refractivity (Wildman–Crippen MR) is 156 cm³/mol. The Morgan fingerprint density at radius 3 is 2.51 bits per heavy atom. The molecule has 2 aliphatic heterocycles. The lowest BCUT2D eigenvalue weighted by molar-refractivity contribution is -0.274. The smallest absolute Gasteiger partial charge is 0.478 e. The highest BCUT2D eigenvalue weighted by molar-refractivity contribution is 7.22. The van der Waals surface area contributed by atoms with Gasteiger partial charge in [0.2, 0.25) is 0 Å². The van der Waals surface area contributed by atoms with E-state index in [2.05, 4.69) is 19.8 Å². The maximum Gasteiger partial charge on any atom is 0.573 e. The fourth-order valence-electron chi connectivity index (χ4n) is 7.74. The molecular weight excluding hydrogens is 614 g/mol. The normalized spacial score (nSPS) is 26.0. The maximum atomic E-state index is 14.7. The Morgan fingerprint density at radius 2 is 1.82 bits per heavy atom. The predicted octanol–water partition coefficient (Wildman–Crippen LogP) is 8.06. The van der Waals surface area contributed by atoms with Crippen molar-refractivity contribution in [2.75, 3.05) is 4.90 Å². The van der Waals surface area contributed by atoms with Gasteiger partial charge in [-0.25, -0.2) is 14.2 Å². The standard InChI is InChI=1S/C32H29F4N3O5S/c33-23-9-17(29(40)41)10-25-27(23)37-30(45-25)39-18-7-8-19(39)12-31(11-18)13-20(14-31)42-15-22-26(38-44-28(22)16-5-6-16)21-3-1-2-4-24(21)43-32(34,35)36/h1-4,9-10,16,18-20H,5-8,11-15H2,(H,40,41). The highest BCUT2D eigenvalue weighted by Gasteiger charge is 2.55. The molecule has 2 bridgehead atoms. The van der Waals surface area contributed by atoms with Crippen molar-refractivity contribution in [3.8, 4) is 17.0 Å². The van der Waals surface area contributed by atoms with Crippen molar-refractivity contribution in [1.82, 2.24) is 10.1 Å². The molecule has 2 unspecified atom stereocenters. The molecule has 2 saturated carbocycles. The third kappa shape index (κ3) is 5.23. The zero-order valence-corrected chi connectivity index (χ0v) is 24.8. The zero-order valence-electron chi connectivity index (χ0n) is 24.0. The van der Waals surface area contributed by atoms with Crippen LogP contribution in [0.2, 0.25) is 0 Å². The van der Waals surface area contributed by atoms with Crippen LogP contribution in [-0.2, 0) is 11.3 Å². The number of nitrogens with zero attached hydrogens (tertiary/aromatic N) is 3. The quantitative estimate of drug-likeness (QED) is 0.193. The van der Waals surface area contributed by atoms with Gasteiger partial charge in [0.1, 0.15) is 22.7 Å². The van der Waals surface area contributed by atoms with E-state index in [0.29, 0.717) is 21.7 Å². The number of ether oxygens (including phenoxy) is 2. The van der Waals surface area contributed by atoms with Crippen molar-refractivity contribution in [2.45, 2.75) is 88.4 Å². The number of carboxylic acids is 1. The highest BCUT2D eigenvalue weighted by Crippen LogP contribution is 2.58. The lowest BCUT2D eigenvalue weighted by atomic mass is 9.59. The van der Waals surface area contributed by atoms with Gasteiger partial charge in [0.15, 0.2) is 10.9 Å². The van der Waals surface area contributed by atoms with Crippen LogP contribution in [0.3, 0.4) is 0 Å². The van der Waals surface area contributed by atoms with E-state index < -0.39 is 18.1 Å². The van der Waals surface area contributed by atoms with E-state index in [0.717, 1.165) is 62.6 Å². The number of thiazole rings is 1. The first-order chi connectivity index (χ1) is 21.6. The first kappa shape index (κ1) is 28.7. The van der Waals surface area contributed by atoms with Crippen molar-refractivity contribution in [3.63, 3.8) is 0 Å². The number of fused-ring (bicyclic) bond motifs is 3. The van der Waals surface area contributed by atoms with Gasteiger partial charge in [-0.05, 0) is 81.0 Å². The molecule has 0 amide bonds. The summed E-state index contributed by atoms with van der Waals surface area (Å²) in [6, 6.07) is 8.99. The minimum Gasteiger partial charge on any atom is -0.478 e. The number of piperidine rings is 1. The summed E-state index contributed by atoms with van der Waals surface area (Å²) in [6.45, 7) is 0.195. The number of carboxylic acid groups (broad SMARTS) is 1. The summed E-state index contributed by atoms with van der Waals surface area (Å²) in [5, 5.41) is 14.2. The van der Waals surface area contributed by atoms with Crippen molar-refractivity contribution < 1.29 is 41.5 Å². The van der Waals surface area contributed by atoms with Gasteiger partial charge >= 0.3 is 12.3 Å². The Hall–Kier alpha value is -3.71. The topological polar surface area (TPSA) is 97.9 Å². The number of halogens is 4. The second-order valence-corrected chi connectivity index (χ2v) is 13.8. The average Bonchev–Trinajstić information content (AvgIpc) is 3.47. The molecule has 8 rings (SSSR count). The molecule has 4 aliphatic rings. The number of para-hydroxylation sites is 1. The monoisotopic (exact) mass is 643 g/mol. The third-order valence-electron chi connectivity index (χ3n) is 9.78. The number of hydrogen-bond donors (Lipinski definition) is 1. The molecule has 2 atom stereocenters. The van der Waals surface area contributed by atoms with Crippen LogP contribution < -0.4 is 9.64 Å². The molecule has 2 aromatic heterocycles. The van der Waals surface area contributed by atoms with Crippen molar-refractivity contribution in [3.05, 3.63) is 59.1 Å². The van der Waals surface area contributed by atoms with E-state index in [9.17, 15) is 27.5 Å². The fourth-order valence-corrected chi connectivity index (χ4v) is 8.90. The molecule has 2 saturated heterocycles. The van der Waals surface area contributed by atoms with Crippen molar-refractivity contribution in [2.24, 2.45) is 5.41 Å². The summed E-state index contributed by atoms with van der Waals surface area (Å²) >= 11 is 1.34. The molecule has 4 heterocycles. The number of benzene rings is 2. The number of aromatic carboxylic acids is 1. The molecule has 45 heavy (non-hydrogen) atoms. The van der Waals surface area contributed by atoms with E-state index in [1.165, 1.54) is 29.5 Å². The van der Waals surface area contributed by atoms with Gasteiger partial charge in [-0.3, -0.25) is 0 Å². The zero-order chi connectivity index (χ0) is 31.1. The molecule has 13 heteroatoms. The summed E-state index contributed by atoms with van der Waals surface area (Å²) in [5.74, 6) is -1.25. The second-order valence-electron chi connectivity index (χ2n) is 12.8. The number of rotatable bonds is 8. The Morgan fingerprint density at radius 1 is 1.09 bits per heavy atom. The number of anilines is 1. The lowest BCUT2D eigenvalue weighted by Gasteiger charge is -2.54. The van der Waals surface area contributed by atoms with E-state index >= 15 is 0 Å². The number of alkyl halides is 3. The minimum absolute atomic E-state index is 0.0124. The van der Waals surface area contributed by atoms with Crippen LogP contribution in [0, 0.1) is 11.2 Å². The molecule has 4 aromatic rings. The Balaban J connectivity index is 0.959. The summed E-state index contributed by atoms with van der Waals surface area (Å²) in [7, 11) is 0. The number of carbonyl (C=O) groups is 1. The Bertz CT molecular complexity index is 1780. The molecule has 1 N–H and O–H groups in total. The van der Waals surface area contributed by atoms with Gasteiger partial charge in [-0.1, -0.05) is 28.6 Å². The minimum atomic E-state index is -4.84. The largest absolute Gasteiger partial charge is 0.573 e. The number of hydrogen-bond acceptors (Lipinski definition) is 8. The van der Waals surface area contributed by atoms with E-state index in [4.69, 9.17) is 9.26 Å². The van der Waals surface area contributed by atoms with Crippen LogP contribution in [0.25, 0.3) is 21.5 Å². The third-order valence-corrected chi connectivity index (χ3v) is 10.8. The van der Waals surface area contributed by atoms with Crippen LogP contribution in [0.5, 0.6) is 5.75 Å². The summed E-state index contributed by atoms with van der Waals surface area (Å²) < 4.78 is 70.9. The van der Waals surface area contributed by atoms with E-state index in [-0.39, 0.29) is 58.5 Å². The Kier molecular flexibility index (Phi) is 6.65. The molecule has 2 aliphatic carbocycles. The molecule has 0 radical (unpaired) electrons. The summed E-state index contributed by atoms with van der Waals surface area (Å²) in [4.78, 5) is 18.3. The van der Waals surface area contributed by atoms with Crippen LogP contribution in [0.4, 0.5) is 22.7 Å². The first-order valence-corrected chi connectivity index (χ1v) is 15.9. The molecule has 8 nitrogen and oxygen atoms in total. The van der Waals surface area contributed by atoms with Gasteiger partial charge in [0.25, 0.3) is 0 Å². The van der Waals surface area contributed by atoms with Crippen molar-refractivity contribution >= 4 is 32.7 Å². The van der Waals surface area contributed by atoms with Gasteiger partial charge in [-0.15, -0.1) is 13.2 Å². The van der Waals surface area contributed by atoms with Crippen LogP contribution in [0.15, 0.2) is 40.9 Å². The van der Waals surface area contributed by atoms with Gasteiger partial charge in [0, 0.05) is 29.1 Å². The van der Waals surface area contributed by atoms with Crippen LogP contribution >= 0.6 is 11.3 Å². The first-order valence-electron chi connectivity index (χ1n) is 15.1. The molecule has 4 fully saturated rings. The molecular formula is C32H29F4N3O5S. The Labute approximate surface area is 258 Å². The van der Waals surface area contributed by atoms with E-state index in [1.807, 2.05) is 0 Å². The molecule has 2 aromatic carbocycles. The highest BCUT2D eigenvalue weighted by atomic mass is 32.1. The second kappa shape index (κ2) is 10.4. The van der Waals surface area contributed by atoms with Gasteiger partial charge in [-0.2, -0.15) is 0 Å². The average molecular weight is 644 g/mol. The van der Waals surface area contributed by atoms with Crippen molar-refractivity contribution in [1.29, 1.82) is 0 Å².